The first-order valence-electron chi connectivity index (χ1n) is 13.0. The molecule has 198 valence electrons. The maximum absolute atomic E-state index is 16.0. The van der Waals surface area contributed by atoms with Gasteiger partial charge in [0, 0.05) is 59.8 Å². The molecular weight excluding hydrogens is 559 g/mol. The van der Waals surface area contributed by atoms with Crippen LogP contribution in [0.2, 0.25) is 5.02 Å². The smallest absolute Gasteiger partial charge is 0.188 e. The van der Waals surface area contributed by atoms with Crippen LogP contribution in [0.1, 0.15) is 40.7 Å². The average molecular weight is 592 g/mol. The molecule has 1 aliphatic carbocycles. The van der Waals surface area contributed by atoms with E-state index in [1.165, 1.54) is 0 Å². The van der Waals surface area contributed by atoms with Crippen LogP contribution in [0.15, 0.2) is 35.1 Å². The van der Waals surface area contributed by atoms with Gasteiger partial charge in [0.05, 0.1) is 18.5 Å². The summed E-state index contributed by atoms with van der Waals surface area (Å²) in [5.41, 5.74) is 2.35. The number of fused-ring (bicyclic) bond motifs is 1. The molecule has 0 N–H and O–H groups in total. The van der Waals surface area contributed by atoms with Crippen LogP contribution in [-0.4, -0.2) is 78.1 Å². The van der Waals surface area contributed by atoms with Crippen molar-refractivity contribution in [2.24, 2.45) is 5.92 Å². The van der Waals surface area contributed by atoms with Gasteiger partial charge in [-0.1, -0.05) is 33.6 Å². The second-order valence-corrected chi connectivity index (χ2v) is 11.6. The minimum atomic E-state index is -0.458. The van der Waals surface area contributed by atoms with E-state index in [2.05, 4.69) is 37.8 Å². The lowest BCUT2D eigenvalue weighted by Crippen LogP contribution is -2.44. The highest BCUT2D eigenvalue weighted by Gasteiger charge is 2.25. The van der Waals surface area contributed by atoms with Crippen molar-refractivity contribution in [3.63, 3.8) is 0 Å². The third-order valence-electron chi connectivity index (χ3n) is 7.39. The van der Waals surface area contributed by atoms with Crippen molar-refractivity contribution in [2.45, 2.75) is 32.2 Å². The van der Waals surface area contributed by atoms with Crippen molar-refractivity contribution in [1.82, 2.24) is 19.4 Å². The van der Waals surface area contributed by atoms with Gasteiger partial charge in [-0.3, -0.25) is 4.79 Å². The van der Waals surface area contributed by atoms with Crippen molar-refractivity contribution in [1.29, 1.82) is 0 Å². The maximum Gasteiger partial charge on any atom is 0.188 e. The lowest BCUT2D eigenvalue weighted by atomic mass is 9.95. The molecule has 5 rings (SSSR count). The van der Waals surface area contributed by atoms with Gasteiger partial charge in [0.25, 0.3) is 0 Å². The summed E-state index contributed by atoms with van der Waals surface area (Å²) < 4.78 is 24.5. The van der Waals surface area contributed by atoms with Gasteiger partial charge in [-0.25, -0.2) is 9.37 Å². The molecule has 0 unspecified atom stereocenters. The van der Waals surface area contributed by atoms with E-state index in [4.69, 9.17) is 16.3 Å². The Morgan fingerprint density at radius 3 is 2.70 bits per heavy atom. The normalized spacial score (nSPS) is 17.1. The second kappa shape index (κ2) is 11.9. The Kier molecular flexibility index (Phi) is 8.61. The van der Waals surface area contributed by atoms with Gasteiger partial charge >= 0.3 is 0 Å². The Bertz CT molecular complexity index is 1270. The zero-order valence-corrected chi connectivity index (χ0v) is 23.5. The highest BCUT2D eigenvalue weighted by Crippen LogP contribution is 2.31. The van der Waals surface area contributed by atoms with E-state index in [1.54, 1.807) is 18.5 Å². The molecule has 37 heavy (non-hydrogen) atoms. The Balaban J connectivity index is 1.40. The van der Waals surface area contributed by atoms with E-state index < -0.39 is 5.82 Å². The van der Waals surface area contributed by atoms with Gasteiger partial charge in [0.15, 0.2) is 11.6 Å². The second-order valence-electron chi connectivity index (χ2n) is 10.3. The maximum atomic E-state index is 16.0. The van der Waals surface area contributed by atoms with Crippen LogP contribution in [0, 0.1) is 11.7 Å². The number of nitrogens with zero attached hydrogens (tertiary/aromatic N) is 4. The summed E-state index contributed by atoms with van der Waals surface area (Å²) in [5.74, 6) is -0.121. The third-order valence-corrected chi connectivity index (χ3v) is 8.24. The molecule has 3 aromatic rings. The van der Waals surface area contributed by atoms with Crippen LogP contribution in [0.25, 0.3) is 11.0 Å². The van der Waals surface area contributed by atoms with Crippen molar-refractivity contribution < 1.29 is 13.9 Å². The van der Waals surface area contributed by atoms with E-state index in [9.17, 15) is 4.79 Å². The first kappa shape index (κ1) is 26.8. The number of halogens is 3. The fraction of sp³-hybridized carbons (Fsp3) is 0.500. The summed E-state index contributed by atoms with van der Waals surface area (Å²) in [6.45, 7) is 6.52. The number of ketones is 1. The van der Waals surface area contributed by atoms with Crippen molar-refractivity contribution in [3.8, 4) is 0 Å². The number of hydrogen-bond donors (Lipinski definition) is 0. The van der Waals surface area contributed by atoms with Crippen LogP contribution < -0.4 is 0 Å². The molecule has 1 aromatic heterocycles. The number of carbonyl (C=O) groups is 1. The highest BCUT2D eigenvalue weighted by molar-refractivity contribution is 9.10. The van der Waals surface area contributed by atoms with Crippen molar-refractivity contribution in [2.75, 3.05) is 53.0 Å². The van der Waals surface area contributed by atoms with E-state index >= 15 is 4.39 Å². The molecule has 0 radical (unpaired) electrons. The van der Waals surface area contributed by atoms with E-state index in [0.717, 1.165) is 62.0 Å². The van der Waals surface area contributed by atoms with E-state index in [-0.39, 0.29) is 18.8 Å². The summed E-state index contributed by atoms with van der Waals surface area (Å²) in [7, 11) is 2.15. The molecule has 9 heteroatoms. The van der Waals surface area contributed by atoms with E-state index in [1.807, 2.05) is 16.7 Å². The summed E-state index contributed by atoms with van der Waals surface area (Å²) in [6, 6.07) is 7.30. The van der Waals surface area contributed by atoms with Crippen molar-refractivity contribution >= 4 is 44.3 Å². The van der Waals surface area contributed by atoms with Gasteiger partial charge in [-0.05, 0) is 62.5 Å². The molecule has 0 spiro atoms. The number of aromatic nitrogens is 2. The zero-order valence-electron chi connectivity index (χ0n) is 21.2. The van der Waals surface area contributed by atoms with Crippen LogP contribution in [-0.2, 0) is 17.7 Å². The lowest BCUT2D eigenvalue weighted by molar-refractivity contribution is 0.0738. The molecule has 6 nitrogen and oxygen atoms in total. The number of hydrogen-bond acceptors (Lipinski definition) is 5. The summed E-state index contributed by atoms with van der Waals surface area (Å²) in [5, 5.41) is 0.520. The highest BCUT2D eigenvalue weighted by atomic mass is 79.9. The zero-order chi connectivity index (χ0) is 25.9. The molecule has 2 aliphatic rings. The quantitative estimate of drug-likeness (QED) is 0.279. The number of piperazine rings is 1. The van der Waals surface area contributed by atoms with Gasteiger partial charge in [-0.15, -0.1) is 0 Å². The Morgan fingerprint density at radius 2 is 1.97 bits per heavy atom. The summed E-state index contributed by atoms with van der Waals surface area (Å²) >= 11 is 9.87. The molecule has 2 aromatic carbocycles. The van der Waals surface area contributed by atoms with Gasteiger partial charge in [-0.2, -0.15) is 0 Å². The minimum absolute atomic E-state index is 0.0555. The van der Waals surface area contributed by atoms with Crippen molar-refractivity contribution in [3.05, 3.63) is 62.6 Å². The van der Waals surface area contributed by atoms with Gasteiger partial charge < -0.3 is 19.1 Å². The molecule has 1 saturated heterocycles. The molecule has 1 saturated carbocycles. The van der Waals surface area contributed by atoms with Gasteiger partial charge in [0.2, 0.25) is 0 Å². The molecular formula is C28H33BrClFN4O2. The van der Waals surface area contributed by atoms with Crippen LogP contribution in [0.5, 0.6) is 0 Å². The standard InChI is InChI=1S/C28H33BrClFN4O2/c1-33-9-11-34(12-10-33)7-2-8-35-18-32-28-25(35)15-22(26(36)17-37-16-19-3-4-19)23(27(28)31)13-20-5-6-21(29)14-24(20)30/h5-6,14-15,18-19H,2-4,7-13,16-17H2,1H3. The summed E-state index contributed by atoms with van der Waals surface area (Å²) in [4.78, 5) is 22.5. The van der Waals surface area contributed by atoms with E-state index in [0.29, 0.717) is 46.3 Å². The molecule has 2 heterocycles. The Morgan fingerprint density at radius 1 is 1.19 bits per heavy atom. The first-order chi connectivity index (χ1) is 17.9. The third kappa shape index (κ3) is 6.60. The average Bonchev–Trinajstić information content (AvgIpc) is 3.61. The molecule has 2 fully saturated rings. The number of benzene rings is 2. The van der Waals surface area contributed by atoms with Crippen LogP contribution >= 0.6 is 27.5 Å². The fourth-order valence-electron chi connectivity index (χ4n) is 4.87. The first-order valence-corrected chi connectivity index (χ1v) is 14.2. The Hall–Kier alpha value is -1.84. The fourth-order valence-corrected chi connectivity index (χ4v) is 5.61. The molecule has 0 atom stereocenters. The number of ether oxygens (including phenoxy) is 1. The van der Waals surface area contributed by atoms with Crippen LogP contribution in [0.4, 0.5) is 4.39 Å². The topological polar surface area (TPSA) is 50.6 Å². The monoisotopic (exact) mass is 590 g/mol. The van der Waals surface area contributed by atoms with Crippen LogP contribution in [0.3, 0.4) is 0 Å². The number of carbonyl (C=O) groups excluding carboxylic acids is 1. The number of aryl methyl sites for hydroxylation is 1. The molecule has 0 amide bonds. The SMILES string of the molecule is CN1CCN(CCCn2cnc3c(F)c(Cc4ccc(Br)cc4Cl)c(C(=O)COCC4CC4)cc32)CC1. The summed E-state index contributed by atoms with van der Waals surface area (Å²) in [6.07, 6.45) is 5.12. The Labute approximate surface area is 230 Å². The molecule has 1 aliphatic heterocycles. The number of imidazole rings is 1. The number of Topliss-reactive ketones (excluding diaryl/α,β-unsaturated/α-hetero) is 1. The number of likely N-dealkylation sites (N-methyl/N-ethyl adjacent to an activating group) is 1. The largest absolute Gasteiger partial charge is 0.373 e. The molecule has 0 bridgehead atoms. The predicted octanol–water partition coefficient (Wildman–Crippen LogP) is 5.43. The predicted molar refractivity (Wildman–Crippen MR) is 148 cm³/mol. The lowest BCUT2D eigenvalue weighted by Gasteiger charge is -2.32. The van der Waals surface area contributed by atoms with Gasteiger partial charge in [0.1, 0.15) is 12.1 Å². The number of rotatable bonds is 11. The minimum Gasteiger partial charge on any atom is -0.373 e.